The second kappa shape index (κ2) is 11.7. The number of nitrogens with one attached hydrogen (secondary N) is 2. The number of anilines is 2. The third kappa shape index (κ3) is 7.23. The number of likely N-dealkylation sites (tertiary alicyclic amines) is 1. The average Bonchev–Trinajstić information content (AvgIpc) is 3.19. The number of fused-ring (bicyclic) bond motifs is 1. The fourth-order valence-corrected chi connectivity index (χ4v) is 6.49. The zero-order valence-electron chi connectivity index (χ0n) is 21.8. The Morgan fingerprint density at radius 1 is 1.21 bits per heavy atom. The van der Waals surface area contributed by atoms with Crippen molar-refractivity contribution in [2.45, 2.75) is 36.1 Å². The summed E-state index contributed by atoms with van der Waals surface area (Å²) in [5.41, 5.74) is 1.36. The molecule has 1 aromatic heterocycles. The topological polar surface area (TPSA) is 70.7 Å². The lowest BCUT2D eigenvalue weighted by Gasteiger charge is -2.33. The molecule has 0 aliphatic carbocycles. The molecule has 12 heteroatoms. The summed E-state index contributed by atoms with van der Waals surface area (Å²) in [4.78, 5) is 2.51. The minimum atomic E-state index is -4.40. The van der Waals surface area contributed by atoms with Crippen molar-refractivity contribution in [1.82, 2.24) is 4.90 Å². The van der Waals surface area contributed by atoms with E-state index in [4.69, 9.17) is 4.74 Å². The van der Waals surface area contributed by atoms with Crippen LogP contribution in [0.2, 0.25) is 0 Å². The van der Waals surface area contributed by atoms with Gasteiger partial charge >= 0.3 is 6.18 Å². The lowest BCUT2D eigenvalue weighted by molar-refractivity contribution is -0.126. The van der Waals surface area contributed by atoms with Gasteiger partial charge in [-0.05, 0) is 48.7 Å². The number of rotatable bonds is 9. The van der Waals surface area contributed by atoms with Crippen LogP contribution in [-0.2, 0) is 16.3 Å². The molecule has 2 aromatic carbocycles. The molecule has 0 spiro atoms. The third-order valence-corrected chi connectivity index (χ3v) is 8.95. The zero-order valence-corrected chi connectivity index (χ0v) is 23.4. The number of hydrogen-bond acceptors (Lipinski definition) is 7. The van der Waals surface area contributed by atoms with Gasteiger partial charge < -0.3 is 20.3 Å². The first-order valence-electron chi connectivity index (χ1n) is 12.3. The Morgan fingerprint density at radius 2 is 1.97 bits per heavy atom. The molecule has 0 bridgehead atoms. The van der Waals surface area contributed by atoms with E-state index < -0.39 is 34.6 Å². The van der Waals surface area contributed by atoms with Crippen LogP contribution in [0.1, 0.15) is 16.9 Å². The van der Waals surface area contributed by atoms with Crippen LogP contribution < -0.4 is 15.4 Å². The van der Waals surface area contributed by atoms with Crippen LogP contribution in [0.4, 0.5) is 28.9 Å². The van der Waals surface area contributed by atoms with Crippen molar-refractivity contribution in [2.75, 3.05) is 50.7 Å². The van der Waals surface area contributed by atoms with Crippen molar-refractivity contribution in [2.24, 2.45) is 0 Å². The molecule has 3 aromatic rings. The number of ether oxygens (including phenoxy) is 1. The normalized spacial score (nSPS) is 19.1. The van der Waals surface area contributed by atoms with Gasteiger partial charge in [-0.1, -0.05) is 18.2 Å². The Balaban J connectivity index is 1.58. The maximum absolute atomic E-state index is 14.7. The van der Waals surface area contributed by atoms with Gasteiger partial charge in [0.25, 0.3) is 0 Å². The summed E-state index contributed by atoms with van der Waals surface area (Å²) in [7, 11) is -0.122. The SMILES string of the molecule is COc1cc(S(C)(=O)=O)ccc1NC/C=C/c1sc2c(N[C@@H]3CCN(C)C[C@@H]3F)cccc2c1CC(F)(F)F. The largest absolute Gasteiger partial charge is 0.495 e. The number of benzene rings is 2. The van der Waals surface area contributed by atoms with E-state index in [1.807, 2.05) is 11.9 Å². The number of methoxy groups -OCH3 is 1. The highest BCUT2D eigenvalue weighted by atomic mass is 32.2. The molecule has 0 saturated carbocycles. The Labute approximate surface area is 229 Å². The van der Waals surface area contributed by atoms with Gasteiger partial charge in [0.15, 0.2) is 9.84 Å². The first-order chi connectivity index (χ1) is 18.4. The fourth-order valence-electron chi connectivity index (χ4n) is 4.62. The third-order valence-electron chi connectivity index (χ3n) is 6.59. The quantitative estimate of drug-likeness (QED) is 0.301. The number of nitrogens with zero attached hydrogens (tertiary/aromatic N) is 1. The van der Waals surface area contributed by atoms with Crippen LogP contribution in [0, 0.1) is 0 Å². The van der Waals surface area contributed by atoms with E-state index in [9.17, 15) is 26.0 Å². The maximum atomic E-state index is 14.7. The van der Waals surface area contributed by atoms with Gasteiger partial charge in [0.2, 0.25) is 0 Å². The summed E-state index contributed by atoms with van der Waals surface area (Å²) in [5.74, 6) is 0.335. The fraction of sp³-hybridized carbons (Fsp3) is 0.407. The van der Waals surface area contributed by atoms with Gasteiger partial charge in [-0.15, -0.1) is 11.3 Å². The summed E-state index contributed by atoms with van der Waals surface area (Å²) in [5, 5.41) is 6.85. The molecule has 2 heterocycles. The van der Waals surface area contributed by atoms with E-state index in [-0.39, 0.29) is 17.0 Å². The molecule has 2 atom stereocenters. The number of thiophene rings is 1. The van der Waals surface area contributed by atoms with Gasteiger partial charge in [-0.3, -0.25) is 0 Å². The predicted molar refractivity (Wildman–Crippen MR) is 150 cm³/mol. The van der Waals surface area contributed by atoms with E-state index in [0.717, 1.165) is 12.8 Å². The summed E-state index contributed by atoms with van der Waals surface area (Å²) < 4.78 is 84.8. The highest BCUT2D eigenvalue weighted by molar-refractivity contribution is 7.90. The van der Waals surface area contributed by atoms with Crippen LogP contribution >= 0.6 is 11.3 Å². The van der Waals surface area contributed by atoms with Crippen molar-refractivity contribution in [3.8, 4) is 5.75 Å². The Morgan fingerprint density at radius 3 is 2.64 bits per heavy atom. The number of sulfone groups is 1. The molecule has 39 heavy (non-hydrogen) atoms. The van der Waals surface area contributed by atoms with Crippen molar-refractivity contribution >= 4 is 48.7 Å². The number of alkyl halides is 4. The minimum Gasteiger partial charge on any atom is -0.495 e. The van der Waals surface area contributed by atoms with Crippen LogP contribution in [-0.4, -0.2) is 71.8 Å². The van der Waals surface area contributed by atoms with E-state index in [1.165, 1.54) is 30.6 Å². The molecule has 4 rings (SSSR count). The van der Waals surface area contributed by atoms with Crippen LogP contribution in [0.25, 0.3) is 16.2 Å². The molecule has 0 unspecified atom stereocenters. The summed E-state index contributed by atoms with van der Waals surface area (Å²) in [6.45, 7) is 1.30. The van der Waals surface area contributed by atoms with E-state index in [1.54, 1.807) is 36.4 Å². The Kier molecular flexibility index (Phi) is 8.77. The maximum Gasteiger partial charge on any atom is 0.393 e. The van der Waals surface area contributed by atoms with Crippen molar-refractivity contribution < 1.29 is 30.7 Å². The zero-order chi connectivity index (χ0) is 28.4. The first kappa shape index (κ1) is 29.2. The molecular formula is C27H31F4N3O3S2. The predicted octanol–water partition coefficient (Wildman–Crippen LogP) is 6.00. The summed E-state index contributed by atoms with van der Waals surface area (Å²) in [6, 6.07) is 9.18. The first-order valence-corrected chi connectivity index (χ1v) is 15.1. The highest BCUT2D eigenvalue weighted by Gasteiger charge is 2.32. The average molecular weight is 586 g/mol. The smallest absolute Gasteiger partial charge is 0.393 e. The lowest BCUT2D eigenvalue weighted by Crippen LogP contribution is -2.46. The van der Waals surface area contributed by atoms with E-state index in [0.29, 0.717) is 45.1 Å². The van der Waals surface area contributed by atoms with Gasteiger partial charge in [0.05, 0.1) is 40.5 Å². The molecule has 1 aliphatic heterocycles. The van der Waals surface area contributed by atoms with Gasteiger partial charge in [0.1, 0.15) is 11.9 Å². The number of hydrogen-bond donors (Lipinski definition) is 2. The molecule has 0 radical (unpaired) electrons. The second-order valence-electron chi connectivity index (χ2n) is 9.65. The summed E-state index contributed by atoms with van der Waals surface area (Å²) >= 11 is 1.24. The molecule has 0 amide bonds. The molecule has 6 nitrogen and oxygen atoms in total. The van der Waals surface area contributed by atoms with Crippen LogP contribution in [0.3, 0.4) is 0 Å². The van der Waals surface area contributed by atoms with Crippen molar-refractivity contribution in [3.63, 3.8) is 0 Å². The summed E-state index contributed by atoms with van der Waals surface area (Å²) in [6.07, 6.45) is -1.51. The molecule has 2 N–H and O–H groups in total. The lowest BCUT2D eigenvalue weighted by atomic mass is 10.0. The minimum absolute atomic E-state index is 0.117. The Hall–Kier alpha value is -2.83. The van der Waals surface area contributed by atoms with E-state index >= 15 is 0 Å². The molecule has 212 valence electrons. The van der Waals surface area contributed by atoms with Gasteiger partial charge in [0, 0.05) is 36.8 Å². The van der Waals surface area contributed by atoms with Crippen molar-refractivity contribution in [1.29, 1.82) is 0 Å². The van der Waals surface area contributed by atoms with Crippen LogP contribution in [0.15, 0.2) is 47.4 Å². The van der Waals surface area contributed by atoms with Gasteiger partial charge in [-0.2, -0.15) is 13.2 Å². The Bertz CT molecular complexity index is 1450. The second-order valence-corrected chi connectivity index (χ2v) is 12.7. The molecule has 1 aliphatic rings. The van der Waals surface area contributed by atoms with Crippen molar-refractivity contribution in [3.05, 3.63) is 52.9 Å². The van der Waals surface area contributed by atoms with E-state index in [2.05, 4.69) is 10.6 Å². The molecule has 1 saturated heterocycles. The standard InChI is InChI=1S/C27H31F4N3O3S2/c1-34-13-11-21(20(28)16-34)33-23-7-4-6-18-19(15-27(29,30)31)25(38-26(18)23)8-5-12-32-22-10-9-17(39(3,35)36)14-24(22)37-2/h4-10,14,20-21,32-33H,11-13,15-16H2,1-3H3/b8-5+/t20-,21+/m0/s1. The monoisotopic (exact) mass is 585 g/mol. The number of piperidine rings is 1. The number of halogens is 4. The highest BCUT2D eigenvalue weighted by Crippen LogP contribution is 2.40. The van der Waals surface area contributed by atoms with Gasteiger partial charge in [-0.25, -0.2) is 12.8 Å². The molecule has 1 fully saturated rings. The molecular weight excluding hydrogens is 554 g/mol. The van der Waals surface area contributed by atoms with Crippen LogP contribution in [0.5, 0.6) is 5.75 Å².